The number of carbonyl (C=O) groups is 2. The fourth-order valence-corrected chi connectivity index (χ4v) is 2.62. The molecular formula is C15H21N7O2. The number of amides is 3. The number of hydrogen-bond acceptors (Lipinski definition) is 4. The van der Waals surface area contributed by atoms with Crippen LogP contribution >= 0.6 is 0 Å². The lowest BCUT2D eigenvalue weighted by Crippen LogP contribution is -2.45. The first-order valence-electron chi connectivity index (χ1n) is 7.76. The number of rotatable bonds is 6. The highest BCUT2D eigenvalue weighted by Crippen LogP contribution is 2.17. The molecule has 9 heteroatoms. The Morgan fingerprint density at radius 1 is 1.33 bits per heavy atom. The molecule has 1 aliphatic heterocycles. The number of likely N-dealkylation sites (tertiary alicyclic amines) is 1. The number of carbonyl (C=O) groups excluding carboxylic acids is 2. The van der Waals surface area contributed by atoms with Crippen LogP contribution in [0, 0.1) is 0 Å². The van der Waals surface area contributed by atoms with Crippen molar-refractivity contribution in [3.05, 3.63) is 40.3 Å². The second-order valence-electron chi connectivity index (χ2n) is 5.57. The van der Waals surface area contributed by atoms with Crippen LogP contribution in [-0.2, 0) is 11.3 Å². The maximum absolute atomic E-state index is 12.2. The number of anilines is 1. The standard InChI is InChI=1S/C15H21N7O2/c16-12-5-3-11(4-6-12)8-18-15(24)19-10-14(23)22-7-1-2-13(22)9-20-21-17/h3-6,13H,1-2,7-10,16H2,(H2,18,19,24). The van der Waals surface area contributed by atoms with Gasteiger partial charge in [0.1, 0.15) is 0 Å². The fourth-order valence-electron chi connectivity index (χ4n) is 2.62. The average molecular weight is 331 g/mol. The van der Waals surface area contributed by atoms with E-state index in [9.17, 15) is 9.59 Å². The zero-order valence-electron chi connectivity index (χ0n) is 13.3. The molecule has 4 N–H and O–H groups in total. The van der Waals surface area contributed by atoms with Gasteiger partial charge in [-0.2, -0.15) is 0 Å². The molecule has 1 aromatic rings. The van der Waals surface area contributed by atoms with Crippen molar-refractivity contribution >= 4 is 17.6 Å². The lowest BCUT2D eigenvalue weighted by molar-refractivity contribution is -0.130. The van der Waals surface area contributed by atoms with Crippen LogP contribution in [0.3, 0.4) is 0 Å². The van der Waals surface area contributed by atoms with E-state index in [0.717, 1.165) is 18.4 Å². The van der Waals surface area contributed by atoms with Gasteiger partial charge in [0.2, 0.25) is 5.91 Å². The molecule has 1 unspecified atom stereocenters. The molecule has 128 valence electrons. The number of urea groups is 1. The number of nitrogens with two attached hydrogens (primary N) is 1. The highest BCUT2D eigenvalue weighted by Gasteiger charge is 2.27. The Morgan fingerprint density at radius 2 is 2.08 bits per heavy atom. The molecule has 0 spiro atoms. The van der Waals surface area contributed by atoms with E-state index in [4.69, 9.17) is 11.3 Å². The van der Waals surface area contributed by atoms with Crippen molar-refractivity contribution in [3.8, 4) is 0 Å². The van der Waals surface area contributed by atoms with Gasteiger partial charge >= 0.3 is 6.03 Å². The van der Waals surface area contributed by atoms with Gasteiger partial charge in [-0.05, 0) is 36.1 Å². The zero-order valence-corrected chi connectivity index (χ0v) is 13.3. The molecule has 24 heavy (non-hydrogen) atoms. The summed E-state index contributed by atoms with van der Waals surface area (Å²) in [6.45, 7) is 1.16. The number of hydrogen-bond donors (Lipinski definition) is 3. The molecule has 1 atom stereocenters. The largest absolute Gasteiger partial charge is 0.399 e. The lowest BCUT2D eigenvalue weighted by atomic mass is 10.2. The quantitative estimate of drug-likeness (QED) is 0.314. The predicted octanol–water partition coefficient (Wildman–Crippen LogP) is 1.37. The minimum atomic E-state index is -0.411. The van der Waals surface area contributed by atoms with E-state index >= 15 is 0 Å². The van der Waals surface area contributed by atoms with Crippen LogP contribution in [0.15, 0.2) is 29.4 Å². The first-order chi connectivity index (χ1) is 11.6. The van der Waals surface area contributed by atoms with Gasteiger partial charge in [-0.25, -0.2) is 4.79 Å². The van der Waals surface area contributed by atoms with Gasteiger partial charge in [-0.15, -0.1) is 0 Å². The minimum Gasteiger partial charge on any atom is -0.399 e. The Balaban J connectivity index is 1.73. The Bertz CT molecular complexity index is 625. The summed E-state index contributed by atoms with van der Waals surface area (Å²) in [4.78, 5) is 28.3. The third kappa shape index (κ3) is 5.06. The summed E-state index contributed by atoms with van der Waals surface area (Å²) in [5, 5.41) is 8.76. The lowest BCUT2D eigenvalue weighted by Gasteiger charge is -2.23. The van der Waals surface area contributed by atoms with Crippen molar-refractivity contribution in [1.82, 2.24) is 15.5 Å². The number of benzene rings is 1. The molecule has 1 aromatic carbocycles. The van der Waals surface area contributed by atoms with Crippen molar-refractivity contribution in [2.24, 2.45) is 5.11 Å². The summed E-state index contributed by atoms with van der Waals surface area (Å²) in [5.74, 6) is -0.173. The van der Waals surface area contributed by atoms with Crippen LogP contribution in [0.2, 0.25) is 0 Å². The summed E-state index contributed by atoms with van der Waals surface area (Å²) < 4.78 is 0. The van der Waals surface area contributed by atoms with E-state index in [-0.39, 0.29) is 25.0 Å². The first-order valence-corrected chi connectivity index (χ1v) is 7.76. The van der Waals surface area contributed by atoms with Gasteiger partial charge in [0, 0.05) is 36.3 Å². The van der Waals surface area contributed by atoms with Gasteiger partial charge in [0.15, 0.2) is 0 Å². The topological polar surface area (TPSA) is 136 Å². The molecular weight excluding hydrogens is 310 g/mol. The molecule has 0 bridgehead atoms. The van der Waals surface area contributed by atoms with Gasteiger partial charge in [-0.1, -0.05) is 17.2 Å². The third-order valence-corrected chi connectivity index (χ3v) is 3.89. The minimum absolute atomic E-state index is 0.0759. The van der Waals surface area contributed by atoms with Crippen molar-refractivity contribution in [1.29, 1.82) is 0 Å². The Hall–Kier alpha value is -2.93. The highest BCUT2D eigenvalue weighted by atomic mass is 16.2. The van der Waals surface area contributed by atoms with Gasteiger partial charge < -0.3 is 21.3 Å². The maximum atomic E-state index is 12.2. The van der Waals surface area contributed by atoms with E-state index in [0.29, 0.717) is 18.8 Å². The van der Waals surface area contributed by atoms with Crippen molar-refractivity contribution in [2.75, 3.05) is 25.4 Å². The third-order valence-electron chi connectivity index (χ3n) is 3.89. The molecule has 2 rings (SSSR count). The Kier molecular flexibility index (Phi) is 6.27. The smallest absolute Gasteiger partial charge is 0.315 e. The SMILES string of the molecule is [N-]=[N+]=NCC1CCCN1C(=O)CNC(=O)NCc1ccc(N)cc1. The molecule has 1 saturated heterocycles. The van der Waals surface area contributed by atoms with Crippen molar-refractivity contribution in [2.45, 2.75) is 25.4 Å². The number of nitrogen functional groups attached to an aromatic ring is 1. The van der Waals surface area contributed by atoms with E-state index in [1.54, 1.807) is 17.0 Å². The van der Waals surface area contributed by atoms with Gasteiger partial charge in [-0.3, -0.25) is 4.79 Å². The van der Waals surface area contributed by atoms with Crippen LogP contribution in [0.4, 0.5) is 10.5 Å². The van der Waals surface area contributed by atoms with E-state index in [1.165, 1.54) is 0 Å². The zero-order chi connectivity index (χ0) is 17.4. The van der Waals surface area contributed by atoms with E-state index < -0.39 is 6.03 Å². The molecule has 0 saturated carbocycles. The molecule has 9 nitrogen and oxygen atoms in total. The Labute approximate surface area is 139 Å². The van der Waals surface area contributed by atoms with E-state index in [2.05, 4.69) is 20.7 Å². The molecule has 1 aliphatic rings. The number of nitrogens with one attached hydrogen (secondary N) is 2. The highest BCUT2D eigenvalue weighted by molar-refractivity contribution is 5.84. The molecule has 0 aliphatic carbocycles. The monoisotopic (exact) mass is 331 g/mol. The van der Waals surface area contributed by atoms with Gasteiger partial charge in [0.25, 0.3) is 0 Å². The van der Waals surface area contributed by atoms with Crippen LogP contribution < -0.4 is 16.4 Å². The van der Waals surface area contributed by atoms with Crippen LogP contribution in [-0.4, -0.2) is 42.5 Å². The summed E-state index contributed by atoms with van der Waals surface area (Å²) in [6, 6.07) is 6.68. The van der Waals surface area contributed by atoms with Crippen LogP contribution in [0.25, 0.3) is 10.4 Å². The van der Waals surface area contributed by atoms with Gasteiger partial charge in [0.05, 0.1) is 6.54 Å². The molecule has 0 radical (unpaired) electrons. The maximum Gasteiger partial charge on any atom is 0.315 e. The van der Waals surface area contributed by atoms with Crippen molar-refractivity contribution < 1.29 is 9.59 Å². The molecule has 3 amide bonds. The number of nitrogens with zero attached hydrogens (tertiary/aromatic N) is 4. The normalized spacial score (nSPS) is 16.3. The van der Waals surface area contributed by atoms with Crippen LogP contribution in [0.5, 0.6) is 0 Å². The predicted molar refractivity (Wildman–Crippen MR) is 89.8 cm³/mol. The summed E-state index contributed by atoms with van der Waals surface area (Å²) in [5.41, 5.74) is 15.6. The fraction of sp³-hybridized carbons (Fsp3) is 0.467. The summed E-state index contributed by atoms with van der Waals surface area (Å²) in [6.07, 6.45) is 1.69. The number of azide groups is 1. The molecule has 0 aromatic heterocycles. The first kappa shape index (κ1) is 17.4. The second-order valence-corrected chi connectivity index (χ2v) is 5.57. The second kappa shape index (κ2) is 8.64. The average Bonchev–Trinajstić information content (AvgIpc) is 3.06. The summed E-state index contributed by atoms with van der Waals surface area (Å²) in [7, 11) is 0. The van der Waals surface area contributed by atoms with Crippen LogP contribution in [0.1, 0.15) is 18.4 Å². The van der Waals surface area contributed by atoms with E-state index in [1.807, 2.05) is 12.1 Å². The Morgan fingerprint density at radius 3 is 2.79 bits per heavy atom. The van der Waals surface area contributed by atoms with Crippen molar-refractivity contribution in [3.63, 3.8) is 0 Å². The summed E-state index contributed by atoms with van der Waals surface area (Å²) >= 11 is 0. The molecule has 1 heterocycles. The molecule has 1 fully saturated rings.